The van der Waals surface area contributed by atoms with Crippen LogP contribution < -0.4 is 10.1 Å². The Balaban J connectivity index is 2.33. The van der Waals surface area contributed by atoms with Crippen molar-refractivity contribution in [2.45, 2.75) is 91.2 Å². The zero-order chi connectivity index (χ0) is 26.9. The van der Waals surface area contributed by atoms with E-state index in [9.17, 15) is 9.90 Å². The van der Waals surface area contributed by atoms with E-state index >= 15 is 0 Å². The highest BCUT2D eigenvalue weighted by Gasteiger charge is 2.35. The SMILES string of the molecule is CCn1c(C(=O)NCCN(C)C)ccc1C(CC)(CC)c1ccc(OCCC(O)(CC)CC)c(C)c1. The van der Waals surface area contributed by atoms with Crippen molar-refractivity contribution in [3.8, 4) is 5.75 Å². The third-order valence-electron chi connectivity index (χ3n) is 7.94. The van der Waals surface area contributed by atoms with Crippen LogP contribution in [0.2, 0.25) is 0 Å². The lowest BCUT2D eigenvalue weighted by Crippen LogP contribution is -2.34. The lowest BCUT2D eigenvalue weighted by Gasteiger charge is -2.34. The molecule has 36 heavy (non-hydrogen) atoms. The molecule has 1 aromatic carbocycles. The molecule has 0 aliphatic rings. The number of nitrogens with zero attached hydrogens (tertiary/aromatic N) is 2. The summed E-state index contributed by atoms with van der Waals surface area (Å²) in [6.45, 7) is 15.3. The summed E-state index contributed by atoms with van der Waals surface area (Å²) in [5, 5.41) is 13.6. The van der Waals surface area contributed by atoms with E-state index in [0.717, 1.165) is 50.1 Å². The van der Waals surface area contributed by atoms with Gasteiger partial charge in [0, 0.05) is 37.2 Å². The normalized spacial score (nSPS) is 12.3. The van der Waals surface area contributed by atoms with Crippen LogP contribution in [0, 0.1) is 6.92 Å². The number of ether oxygens (including phenoxy) is 1. The average Bonchev–Trinajstić information content (AvgIpc) is 3.30. The van der Waals surface area contributed by atoms with E-state index < -0.39 is 5.60 Å². The van der Waals surface area contributed by atoms with Gasteiger partial charge in [0.25, 0.3) is 5.91 Å². The fourth-order valence-corrected chi connectivity index (χ4v) is 5.14. The number of amides is 1. The summed E-state index contributed by atoms with van der Waals surface area (Å²) < 4.78 is 8.26. The highest BCUT2D eigenvalue weighted by molar-refractivity contribution is 5.93. The zero-order valence-electron chi connectivity index (χ0n) is 23.9. The van der Waals surface area contributed by atoms with Gasteiger partial charge in [0.15, 0.2) is 0 Å². The largest absolute Gasteiger partial charge is 0.493 e. The maximum absolute atomic E-state index is 13.0. The molecule has 6 nitrogen and oxygen atoms in total. The Kier molecular flexibility index (Phi) is 11.0. The van der Waals surface area contributed by atoms with Gasteiger partial charge in [-0.05, 0) is 83.0 Å². The van der Waals surface area contributed by atoms with Gasteiger partial charge < -0.3 is 24.6 Å². The van der Waals surface area contributed by atoms with Gasteiger partial charge in [-0.3, -0.25) is 4.79 Å². The molecule has 1 aromatic heterocycles. The second-order valence-electron chi connectivity index (χ2n) is 10.2. The molecule has 0 unspecified atom stereocenters. The van der Waals surface area contributed by atoms with Crippen LogP contribution in [-0.2, 0) is 12.0 Å². The van der Waals surface area contributed by atoms with Crippen LogP contribution in [0.15, 0.2) is 30.3 Å². The van der Waals surface area contributed by atoms with Crippen molar-refractivity contribution >= 4 is 5.91 Å². The Morgan fingerprint density at radius 2 is 1.69 bits per heavy atom. The fraction of sp³-hybridized carbons (Fsp3) is 0.633. The van der Waals surface area contributed by atoms with Gasteiger partial charge in [-0.1, -0.05) is 39.8 Å². The van der Waals surface area contributed by atoms with Crippen LogP contribution in [0.3, 0.4) is 0 Å². The van der Waals surface area contributed by atoms with Gasteiger partial charge >= 0.3 is 0 Å². The van der Waals surface area contributed by atoms with Crippen molar-refractivity contribution in [1.29, 1.82) is 0 Å². The van der Waals surface area contributed by atoms with Crippen LogP contribution in [0.1, 0.15) is 94.0 Å². The number of hydrogen-bond donors (Lipinski definition) is 2. The number of aliphatic hydroxyl groups is 1. The van der Waals surface area contributed by atoms with Crippen molar-refractivity contribution in [3.05, 3.63) is 52.8 Å². The molecule has 0 fully saturated rings. The number of benzene rings is 1. The Bertz CT molecular complexity index is 972. The van der Waals surface area contributed by atoms with Crippen molar-refractivity contribution in [1.82, 2.24) is 14.8 Å². The summed E-state index contributed by atoms with van der Waals surface area (Å²) in [6, 6.07) is 10.6. The first-order valence-electron chi connectivity index (χ1n) is 13.7. The number of rotatable bonds is 15. The third kappa shape index (κ3) is 6.71. The summed E-state index contributed by atoms with van der Waals surface area (Å²) in [7, 11) is 4.01. The summed E-state index contributed by atoms with van der Waals surface area (Å²) in [5.41, 5.74) is 3.36. The molecule has 0 radical (unpaired) electrons. The Morgan fingerprint density at radius 3 is 2.22 bits per heavy atom. The summed E-state index contributed by atoms with van der Waals surface area (Å²) >= 11 is 0. The van der Waals surface area contributed by atoms with Gasteiger partial charge in [-0.25, -0.2) is 0 Å². The predicted octanol–water partition coefficient (Wildman–Crippen LogP) is 5.53. The van der Waals surface area contributed by atoms with Gasteiger partial charge in [0.2, 0.25) is 0 Å². The van der Waals surface area contributed by atoms with Crippen LogP contribution in [0.25, 0.3) is 0 Å². The molecule has 0 aliphatic carbocycles. The van der Waals surface area contributed by atoms with Crippen LogP contribution in [-0.4, -0.2) is 59.9 Å². The summed E-state index contributed by atoms with van der Waals surface area (Å²) in [4.78, 5) is 15.1. The minimum absolute atomic E-state index is 0.0231. The molecule has 2 aromatic rings. The van der Waals surface area contributed by atoms with Crippen LogP contribution in [0.5, 0.6) is 5.75 Å². The monoisotopic (exact) mass is 499 g/mol. The Labute approximate surface area is 219 Å². The number of nitrogens with one attached hydrogen (secondary N) is 1. The van der Waals surface area contributed by atoms with Crippen LogP contribution >= 0.6 is 0 Å². The number of likely N-dealkylation sites (N-methyl/N-ethyl adjacent to an activating group) is 1. The lowest BCUT2D eigenvalue weighted by atomic mass is 9.72. The first-order valence-corrected chi connectivity index (χ1v) is 13.7. The molecule has 2 rings (SSSR count). The number of aryl methyl sites for hydroxylation is 1. The van der Waals surface area contributed by atoms with Crippen molar-refractivity contribution in [2.75, 3.05) is 33.8 Å². The smallest absolute Gasteiger partial charge is 0.267 e. The van der Waals surface area contributed by atoms with Gasteiger partial charge in [0.05, 0.1) is 12.2 Å². The fourth-order valence-electron chi connectivity index (χ4n) is 5.14. The minimum atomic E-state index is -0.657. The van der Waals surface area contributed by atoms with Crippen molar-refractivity contribution in [2.24, 2.45) is 0 Å². The molecule has 0 bridgehead atoms. The number of carbonyl (C=O) groups excluding carboxylic acids is 1. The van der Waals surface area contributed by atoms with Gasteiger partial charge in [-0.2, -0.15) is 0 Å². The highest BCUT2D eigenvalue weighted by atomic mass is 16.5. The zero-order valence-corrected chi connectivity index (χ0v) is 23.9. The molecule has 0 atom stereocenters. The molecule has 0 saturated heterocycles. The quantitative estimate of drug-likeness (QED) is 0.338. The molecular formula is C30H49N3O3. The van der Waals surface area contributed by atoms with E-state index in [1.165, 1.54) is 11.3 Å². The molecule has 0 saturated carbocycles. The Morgan fingerprint density at radius 1 is 1.03 bits per heavy atom. The number of carbonyl (C=O) groups is 1. The molecule has 0 spiro atoms. The van der Waals surface area contributed by atoms with Gasteiger partial charge in [0.1, 0.15) is 11.4 Å². The molecule has 0 aliphatic heterocycles. The lowest BCUT2D eigenvalue weighted by molar-refractivity contribution is 0.0116. The molecule has 202 valence electrons. The maximum atomic E-state index is 13.0. The second kappa shape index (κ2) is 13.3. The second-order valence-corrected chi connectivity index (χ2v) is 10.2. The number of hydrogen-bond acceptors (Lipinski definition) is 4. The first-order chi connectivity index (χ1) is 17.1. The third-order valence-corrected chi connectivity index (χ3v) is 7.94. The maximum Gasteiger partial charge on any atom is 0.267 e. The van der Waals surface area contributed by atoms with E-state index in [-0.39, 0.29) is 11.3 Å². The van der Waals surface area contributed by atoms with E-state index in [0.29, 0.717) is 25.3 Å². The average molecular weight is 500 g/mol. The van der Waals surface area contributed by atoms with Crippen LogP contribution in [0.4, 0.5) is 0 Å². The topological polar surface area (TPSA) is 66.7 Å². The van der Waals surface area contributed by atoms with Crippen molar-refractivity contribution in [3.63, 3.8) is 0 Å². The molecule has 6 heteroatoms. The first kappa shape index (κ1) is 29.9. The van der Waals surface area contributed by atoms with E-state index in [1.54, 1.807) is 0 Å². The van der Waals surface area contributed by atoms with E-state index in [4.69, 9.17) is 4.74 Å². The van der Waals surface area contributed by atoms with E-state index in [1.807, 2.05) is 34.0 Å². The Hall–Kier alpha value is -2.31. The molecule has 1 amide bonds. The van der Waals surface area contributed by atoms with E-state index in [2.05, 4.69) is 66.7 Å². The predicted molar refractivity (Wildman–Crippen MR) is 149 cm³/mol. The summed E-state index contributed by atoms with van der Waals surface area (Å²) in [6.07, 6.45) is 3.93. The molecule has 1 heterocycles. The summed E-state index contributed by atoms with van der Waals surface area (Å²) in [5.74, 6) is 0.839. The van der Waals surface area contributed by atoms with Gasteiger partial charge in [-0.15, -0.1) is 0 Å². The molecule has 2 N–H and O–H groups in total. The van der Waals surface area contributed by atoms with Crippen molar-refractivity contribution < 1.29 is 14.6 Å². The minimum Gasteiger partial charge on any atom is -0.493 e. The molecular weight excluding hydrogens is 450 g/mol. The highest BCUT2D eigenvalue weighted by Crippen LogP contribution is 2.41. The standard InChI is InChI=1S/C30H49N3O3/c1-9-29(35,10-2)18-21-36-26-16-14-24(22-23(26)6)30(11-3,12-4)27-17-15-25(33(27)13-5)28(34)31-19-20-32(7)8/h14-17,22,35H,9-13,18-21H2,1-8H3,(H,31,34). The number of aromatic nitrogens is 1.